The molecule has 0 unspecified atom stereocenters. The molecule has 0 spiro atoms. The van der Waals surface area contributed by atoms with Gasteiger partial charge >= 0.3 is 0 Å². The molecule has 0 radical (unpaired) electrons. The number of aliphatic hydroxyl groups is 2. The van der Waals surface area contributed by atoms with Crippen molar-refractivity contribution in [2.24, 2.45) is 0 Å². The highest BCUT2D eigenvalue weighted by atomic mass is 16.7. The lowest BCUT2D eigenvalue weighted by atomic mass is 9.99. The maximum Gasteiger partial charge on any atom is 0.243 e. The molecule has 248 valence electrons. The van der Waals surface area contributed by atoms with Crippen molar-refractivity contribution in [3.8, 4) is 5.75 Å². The highest BCUT2D eigenvalue weighted by Crippen LogP contribution is 2.38. The number of phenols is 1. The molecule has 1 aliphatic rings. The van der Waals surface area contributed by atoms with Gasteiger partial charge in [-0.3, -0.25) is 14.8 Å². The van der Waals surface area contributed by atoms with Crippen LogP contribution < -0.4 is 10.8 Å². The Kier molecular flexibility index (Phi) is 13.5. The van der Waals surface area contributed by atoms with E-state index in [1.807, 2.05) is 60.5 Å². The van der Waals surface area contributed by atoms with Crippen LogP contribution >= 0.6 is 0 Å². The van der Waals surface area contributed by atoms with Gasteiger partial charge in [-0.2, -0.15) is 0 Å². The number of hydrogen-bond acceptors (Lipinski definition) is 9. The Bertz CT molecular complexity index is 1400. The fourth-order valence-electron chi connectivity index (χ4n) is 5.55. The Morgan fingerprint density at radius 2 is 1.63 bits per heavy atom. The second-order valence-corrected chi connectivity index (χ2v) is 11.8. The van der Waals surface area contributed by atoms with Gasteiger partial charge in [0.05, 0.1) is 24.9 Å². The summed E-state index contributed by atoms with van der Waals surface area (Å²) in [7, 11) is 1.91. The van der Waals surface area contributed by atoms with Gasteiger partial charge in [0.15, 0.2) is 6.29 Å². The number of nitrogens with one attached hydrogen (secondary N) is 2. The fourth-order valence-corrected chi connectivity index (χ4v) is 5.55. The van der Waals surface area contributed by atoms with E-state index in [2.05, 4.69) is 5.32 Å². The van der Waals surface area contributed by atoms with Crippen molar-refractivity contribution in [1.82, 2.24) is 10.4 Å². The van der Waals surface area contributed by atoms with Crippen molar-refractivity contribution in [1.29, 1.82) is 0 Å². The lowest BCUT2D eigenvalue weighted by Crippen LogP contribution is -2.39. The zero-order chi connectivity index (χ0) is 32.9. The van der Waals surface area contributed by atoms with Crippen LogP contribution in [-0.4, -0.2) is 63.5 Å². The Morgan fingerprint density at radius 1 is 0.913 bits per heavy atom. The SMILES string of the molecule is CN(C[C@H]1C[C@@H](c2ccc(CO)cc2)O[C@@H](c2cccc(NC(=O)CCCCCCC(=O)NO)c2)O1)C[C@@H](O)c1cccc(O)c1. The summed E-state index contributed by atoms with van der Waals surface area (Å²) in [6.07, 6.45) is 2.08. The molecule has 4 rings (SSSR count). The van der Waals surface area contributed by atoms with Gasteiger partial charge in [0, 0.05) is 43.6 Å². The first-order valence-electron chi connectivity index (χ1n) is 15.7. The third kappa shape index (κ3) is 10.9. The van der Waals surface area contributed by atoms with Gasteiger partial charge in [-0.25, -0.2) is 5.48 Å². The molecule has 3 aromatic rings. The molecule has 1 heterocycles. The molecule has 0 bridgehead atoms. The van der Waals surface area contributed by atoms with Crippen LogP contribution in [0.1, 0.15) is 85.7 Å². The molecule has 11 nitrogen and oxygen atoms in total. The Balaban J connectivity index is 1.39. The predicted molar refractivity (Wildman–Crippen MR) is 172 cm³/mol. The first-order valence-corrected chi connectivity index (χ1v) is 15.7. The first kappa shape index (κ1) is 35.0. The maximum absolute atomic E-state index is 12.6. The summed E-state index contributed by atoms with van der Waals surface area (Å²) in [6, 6.07) is 21.6. The number of rotatable bonds is 16. The van der Waals surface area contributed by atoms with E-state index in [1.165, 1.54) is 0 Å². The van der Waals surface area contributed by atoms with Crippen LogP contribution in [0.25, 0.3) is 0 Å². The van der Waals surface area contributed by atoms with Crippen molar-refractivity contribution in [2.75, 3.05) is 25.5 Å². The third-order valence-corrected chi connectivity index (χ3v) is 7.99. The largest absolute Gasteiger partial charge is 0.508 e. The topological polar surface area (TPSA) is 161 Å². The number of phenolic OH excluding ortho intramolecular Hbond substituents is 1. The molecule has 0 saturated carbocycles. The standard InChI is InChI=1S/C35H45N3O8/c1-38(22-31(41)26-8-7-11-29(40)19-26)21-30-20-32(25-16-14-24(23-39)15-17-25)46-35(45-30)27-9-6-10-28(18-27)36-33(42)12-4-2-3-5-13-34(43)37-44/h6-11,14-19,30-32,35,39-41,44H,2-5,12-13,20-23H2,1H3,(H,36,42)(H,37,43)/t30-,31-,32+,35+/m1/s1. The van der Waals surface area contributed by atoms with E-state index in [4.69, 9.17) is 14.7 Å². The van der Waals surface area contributed by atoms with E-state index >= 15 is 0 Å². The highest BCUT2D eigenvalue weighted by Gasteiger charge is 2.33. The molecule has 6 N–H and O–H groups in total. The summed E-state index contributed by atoms with van der Waals surface area (Å²) in [5.74, 6) is -0.413. The number of ether oxygens (including phenoxy) is 2. The Morgan fingerprint density at radius 3 is 2.33 bits per heavy atom. The van der Waals surface area contributed by atoms with Crippen LogP contribution in [0.15, 0.2) is 72.8 Å². The number of aliphatic hydroxyl groups excluding tert-OH is 2. The second-order valence-electron chi connectivity index (χ2n) is 11.8. The zero-order valence-electron chi connectivity index (χ0n) is 26.2. The Hall–Kier alpha value is -3.84. The zero-order valence-corrected chi connectivity index (χ0v) is 26.2. The summed E-state index contributed by atoms with van der Waals surface area (Å²) in [6.45, 7) is 0.806. The van der Waals surface area contributed by atoms with Gasteiger partial charge in [-0.15, -0.1) is 0 Å². The minimum atomic E-state index is -0.789. The minimum absolute atomic E-state index is 0.0473. The summed E-state index contributed by atoms with van der Waals surface area (Å²) in [5, 5.41) is 41.6. The number of nitrogens with zero attached hydrogens (tertiary/aromatic N) is 1. The Labute approximate surface area is 269 Å². The van der Waals surface area contributed by atoms with Gasteiger partial charge in [-0.1, -0.05) is 61.4 Å². The maximum atomic E-state index is 12.6. The normalized spacial score (nSPS) is 18.7. The average molecular weight is 636 g/mol. The molecular weight excluding hydrogens is 590 g/mol. The molecule has 1 fully saturated rings. The first-order chi connectivity index (χ1) is 22.2. The van der Waals surface area contributed by atoms with E-state index < -0.39 is 18.3 Å². The van der Waals surface area contributed by atoms with Crippen LogP contribution in [0.4, 0.5) is 5.69 Å². The fraction of sp³-hybridized carbons (Fsp3) is 0.429. The summed E-state index contributed by atoms with van der Waals surface area (Å²) >= 11 is 0. The van der Waals surface area contributed by atoms with Crippen LogP contribution in [0.3, 0.4) is 0 Å². The summed E-state index contributed by atoms with van der Waals surface area (Å²) in [4.78, 5) is 25.7. The monoisotopic (exact) mass is 635 g/mol. The van der Waals surface area contributed by atoms with Gasteiger partial charge in [0.25, 0.3) is 0 Å². The molecule has 3 aromatic carbocycles. The average Bonchev–Trinajstić information content (AvgIpc) is 3.06. The van der Waals surface area contributed by atoms with Crippen molar-refractivity contribution in [2.45, 2.75) is 76.2 Å². The number of carbonyl (C=O) groups is 2. The number of anilines is 1. The molecule has 0 aliphatic carbocycles. The summed E-state index contributed by atoms with van der Waals surface area (Å²) < 4.78 is 12.9. The number of benzene rings is 3. The van der Waals surface area contributed by atoms with E-state index in [0.29, 0.717) is 50.0 Å². The lowest BCUT2D eigenvalue weighted by molar-refractivity contribution is -0.252. The van der Waals surface area contributed by atoms with Gasteiger partial charge < -0.3 is 35.0 Å². The molecule has 11 heteroatoms. The molecule has 0 aromatic heterocycles. The van der Waals surface area contributed by atoms with E-state index in [1.54, 1.807) is 29.7 Å². The molecular formula is C35H45N3O8. The number of hydrogen-bond donors (Lipinski definition) is 6. The lowest BCUT2D eigenvalue weighted by Gasteiger charge is -2.38. The van der Waals surface area contributed by atoms with Crippen LogP contribution in [0.2, 0.25) is 0 Å². The molecule has 1 saturated heterocycles. The van der Waals surface area contributed by atoms with Crippen LogP contribution in [0.5, 0.6) is 5.75 Å². The molecule has 2 amide bonds. The second kappa shape index (κ2) is 17.7. The highest BCUT2D eigenvalue weighted by molar-refractivity contribution is 5.90. The van der Waals surface area contributed by atoms with Gasteiger partial charge in [0.2, 0.25) is 11.8 Å². The quantitative estimate of drug-likeness (QED) is 0.0732. The number of unbranched alkanes of at least 4 members (excludes halogenated alkanes) is 3. The third-order valence-electron chi connectivity index (χ3n) is 7.99. The van der Waals surface area contributed by atoms with Crippen molar-refractivity contribution < 1.29 is 39.6 Å². The van der Waals surface area contributed by atoms with Gasteiger partial charge in [0.1, 0.15) is 5.75 Å². The number of aromatic hydroxyl groups is 1. The van der Waals surface area contributed by atoms with Crippen LogP contribution in [-0.2, 0) is 25.7 Å². The smallest absolute Gasteiger partial charge is 0.243 e. The van der Waals surface area contributed by atoms with E-state index in [0.717, 1.165) is 29.5 Å². The number of likely N-dealkylation sites (N-methyl/N-ethyl adjacent to an activating group) is 1. The van der Waals surface area contributed by atoms with Crippen molar-refractivity contribution >= 4 is 17.5 Å². The van der Waals surface area contributed by atoms with E-state index in [-0.39, 0.29) is 36.9 Å². The van der Waals surface area contributed by atoms with Crippen molar-refractivity contribution in [3.05, 3.63) is 95.1 Å². The van der Waals surface area contributed by atoms with Crippen LogP contribution in [0, 0.1) is 0 Å². The molecule has 1 aliphatic heterocycles. The van der Waals surface area contributed by atoms with Gasteiger partial charge in [-0.05, 0) is 60.8 Å². The number of carbonyl (C=O) groups excluding carboxylic acids is 2. The number of hydroxylamine groups is 1. The minimum Gasteiger partial charge on any atom is -0.508 e. The molecule has 4 atom stereocenters. The predicted octanol–water partition coefficient (Wildman–Crippen LogP) is 4.88. The van der Waals surface area contributed by atoms with Crippen molar-refractivity contribution in [3.63, 3.8) is 0 Å². The number of amides is 2. The summed E-state index contributed by atoms with van der Waals surface area (Å²) in [5.41, 5.74) is 5.40. The van der Waals surface area contributed by atoms with E-state index in [9.17, 15) is 24.9 Å². The molecule has 46 heavy (non-hydrogen) atoms.